The number of carbonyl (C=O) groups is 2. The van der Waals surface area contributed by atoms with Gasteiger partial charge in [0.2, 0.25) is 21.8 Å². The third kappa shape index (κ3) is 6.75. The van der Waals surface area contributed by atoms with Gasteiger partial charge in [-0.2, -0.15) is 0 Å². The van der Waals surface area contributed by atoms with Gasteiger partial charge in [-0.05, 0) is 32.1 Å². The van der Waals surface area contributed by atoms with Crippen LogP contribution in [0.1, 0.15) is 58.3 Å². The molecule has 2 fully saturated rings. The van der Waals surface area contributed by atoms with Gasteiger partial charge < -0.3 is 10.2 Å². The number of unbranched alkanes of at least 4 members (excludes halogenated alkanes) is 3. The highest BCUT2D eigenvalue weighted by molar-refractivity contribution is 7.88. The second kappa shape index (κ2) is 10.4. The van der Waals surface area contributed by atoms with Gasteiger partial charge in [0.05, 0.1) is 12.2 Å². The third-order valence-electron chi connectivity index (χ3n) is 5.71. The zero-order valence-electron chi connectivity index (χ0n) is 16.8. The monoisotopic (exact) mass is 401 g/mol. The summed E-state index contributed by atoms with van der Waals surface area (Å²) in [6.45, 7) is 4.89. The number of hydrogen-bond acceptors (Lipinski definition) is 4. The molecule has 2 amide bonds. The predicted molar refractivity (Wildman–Crippen MR) is 106 cm³/mol. The molecular weight excluding hydrogens is 366 g/mol. The molecule has 2 saturated heterocycles. The summed E-state index contributed by atoms with van der Waals surface area (Å²) in [5.41, 5.74) is 0. The maximum atomic E-state index is 12.8. The lowest BCUT2D eigenvalue weighted by Crippen LogP contribution is -2.49. The Hall–Kier alpha value is -1.15. The molecule has 7 nitrogen and oxygen atoms in total. The molecule has 0 spiro atoms. The van der Waals surface area contributed by atoms with E-state index >= 15 is 0 Å². The van der Waals surface area contributed by atoms with Crippen molar-refractivity contribution < 1.29 is 18.0 Å². The number of carbonyl (C=O) groups excluding carboxylic acids is 2. The van der Waals surface area contributed by atoms with Crippen LogP contribution in [-0.2, 0) is 19.6 Å². The smallest absolute Gasteiger partial charge is 0.225 e. The van der Waals surface area contributed by atoms with E-state index < -0.39 is 10.0 Å². The Morgan fingerprint density at radius 2 is 1.70 bits per heavy atom. The van der Waals surface area contributed by atoms with Crippen LogP contribution in [0.2, 0.25) is 0 Å². The van der Waals surface area contributed by atoms with E-state index in [1.807, 2.05) is 4.90 Å². The first-order valence-electron chi connectivity index (χ1n) is 10.3. The van der Waals surface area contributed by atoms with Crippen LogP contribution in [0.4, 0.5) is 0 Å². The molecule has 1 atom stereocenters. The highest BCUT2D eigenvalue weighted by Crippen LogP contribution is 2.24. The van der Waals surface area contributed by atoms with E-state index in [4.69, 9.17) is 0 Å². The predicted octanol–water partition coefficient (Wildman–Crippen LogP) is 1.59. The van der Waals surface area contributed by atoms with Crippen LogP contribution >= 0.6 is 0 Å². The van der Waals surface area contributed by atoms with Crippen molar-refractivity contribution in [1.82, 2.24) is 14.5 Å². The van der Waals surface area contributed by atoms with E-state index in [1.54, 1.807) is 0 Å². The van der Waals surface area contributed by atoms with E-state index in [-0.39, 0.29) is 23.7 Å². The number of rotatable bonds is 8. The molecule has 2 rings (SSSR count). The summed E-state index contributed by atoms with van der Waals surface area (Å²) in [7, 11) is -3.18. The van der Waals surface area contributed by atoms with E-state index in [0.717, 1.165) is 25.7 Å². The van der Waals surface area contributed by atoms with Gasteiger partial charge in [0, 0.05) is 38.6 Å². The molecule has 2 heterocycles. The second-order valence-electron chi connectivity index (χ2n) is 7.91. The summed E-state index contributed by atoms with van der Waals surface area (Å²) >= 11 is 0. The van der Waals surface area contributed by atoms with Crippen molar-refractivity contribution >= 4 is 21.8 Å². The second-order valence-corrected chi connectivity index (χ2v) is 9.89. The zero-order valence-corrected chi connectivity index (χ0v) is 17.6. The van der Waals surface area contributed by atoms with Crippen LogP contribution in [0.15, 0.2) is 0 Å². The maximum Gasteiger partial charge on any atom is 0.225 e. The molecule has 0 aromatic carbocycles. The van der Waals surface area contributed by atoms with Crippen LogP contribution in [0.25, 0.3) is 0 Å². The highest BCUT2D eigenvalue weighted by atomic mass is 32.2. The van der Waals surface area contributed by atoms with Gasteiger partial charge in [-0.3, -0.25) is 9.59 Å². The van der Waals surface area contributed by atoms with Crippen molar-refractivity contribution in [1.29, 1.82) is 0 Å². The number of sulfonamides is 1. The average Bonchev–Trinajstić information content (AvgIpc) is 2.66. The summed E-state index contributed by atoms with van der Waals surface area (Å²) in [4.78, 5) is 27.1. The Balaban J connectivity index is 1.78. The van der Waals surface area contributed by atoms with Crippen LogP contribution < -0.4 is 5.32 Å². The molecule has 2 aliphatic heterocycles. The Labute approximate surface area is 163 Å². The van der Waals surface area contributed by atoms with Crippen molar-refractivity contribution in [2.75, 3.05) is 39.0 Å². The van der Waals surface area contributed by atoms with Crippen LogP contribution in [0.3, 0.4) is 0 Å². The van der Waals surface area contributed by atoms with Gasteiger partial charge in [-0.25, -0.2) is 12.7 Å². The first-order valence-corrected chi connectivity index (χ1v) is 12.2. The fourth-order valence-electron chi connectivity index (χ4n) is 3.99. The quantitative estimate of drug-likeness (QED) is 0.626. The van der Waals surface area contributed by atoms with E-state index in [2.05, 4.69) is 12.2 Å². The lowest BCUT2D eigenvalue weighted by molar-refractivity contribution is -0.140. The Morgan fingerprint density at radius 3 is 2.33 bits per heavy atom. The summed E-state index contributed by atoms with van der Waals surface area (Å²) in [6.07, 6.45) is 8.54. The molecule has 156 valence electrons. The van der Waals surface area contributed by atoms with Gasteiger partial charge in [0.1, 0.15) is 0 Å². The average molecular weight is 402 g/mol. The molecule has 0 aromatic rings. The normalized spacial score (nSPS) is 22.6. The fourth-order valence-corrected chi connectivity index (χ4v) is 4.87. The van der Waals surface area contributed by atoms with Gasteiger partial charge in [0.15, 0.2) is 0 Å². The first kappa shape index (κ1) is 22.1. The van der Waals surface area contributed by atoms with Gasteiger partial charge in [-0.15, -0.1) is 0 Å². The Morgan fingerprint density at radius 1 is 1.00 bits per heavy atom. The van der Waals surface area contributed by atoms with Gasteiger partial charge in [-0.1, -0.05) is 26.2 Å². The standard InChI is InChI=1S/C19H35N3O4S/c1-3-4-5-6-11-20-18(23)17-8-7-12-21(15-17)19(24)16-9-13-22(14-10-16)27(2,25)26/h16-17H,3-15H2,1-2H3,(H,20,23). The molecule has 1 unspecified atom stereocenters. The number of hydrogen-bond donors (Lipinski definition) is 1. The molecule has 1 N–H and O–H groups in total. The molecule has 0 bridgehead atoms. The summed E-state index contributed by atoms with van der Waals surface area (Å²) in [5.74, 6) is -0.0941. The maximum absolute atomic E-state index is 12.8. The minimum absolute atomic E-state index is 0.0656. The van der Waals surface area contributed by atoms with Crippen LogP contribution in [-0.4, -0.2) is 68.4 Å². The number of amides is 2. The number of likely N-dealkylation sites (tertiary alicyclic amines) is 1. The minimum Gasteiger partial charge on any atom is -0.356 e. The van der Waals surface area contributed by atoms with E-state index in [1.165, 1.54) is 23.4 Å². The molecule has 2 aliphatic rings. The summed E-state index contributed by atoms with van der Waals surface area (Å²) in [6, 6.07) is 0. The Kier molecular flexibility index (Phi) is 8.54. The molecule has 0 saturated carbocycles. The summed E-state index contributed by atoms with van der Waals surface area (Å²) < 4.78 is 24.7. The molecule has 27 heavy (non-hydrogen) atoms. The number of piperidine rings is 2. The summed E-state index contributed by atoms with van der Waals surface area (Å²) in [5, 5.41) is 3.02. The lowest BCUT2D eigenvalue weighted by Gasteiger charge is -2.37. The van der Waals surface area contributed by atoms with Crippen molar-refractivity contribution in [2.24, 2.45) is 11.8 Å². The zero-order chi connectivity index (χ0) is 19.9. The van der Waals surface area contributed by atoms with E-state index in [0.29, 0.717) is 45.6 Å². The third-order valence-corrected chi connectivity index (χ3v) is 7.01. The Bertz CT molecular complexity index is 600. The SMILES string of the molecule is CCCCCCNC(=O)C1CCCN(C(=O)C2CCN(S(C)(=O)=O)CC2)C1. The molecule has 0 aromatic heterocycles. The largest absolute Gasteiger partial charge is 0.356 e. The molecule has 0 aliphatic carbocycles. The number of nitrogens with one attached hydrogen (secondary N) is 1. The number of nitrogens with zero attached hydrogens (tertiary/aromatic N) is 2. The van der Waals surface area contributed by atoms with Crippen molar-refractivity contribution in [3.63, 3.8) is 0 Å². The van der Waals surface area contributed by atoms with Gasteiger partial charge >= 0.3 is 0 Å². The van der Waals surface area contributed by atoms with Crippen molar-refractivity contribution in [3.8, 4) is 0 Å². The minimum atomic E-state index is -3.18. The topological polar surface area (TPSA) is 86.8 Å². The first-order chi connectivity index (χ1) is 12.8. The van der Waals surface area contributed by atoms with Crippen LogP contribution in [0, 0.1) is 11.8 Å². The van der Waals surface area contributed by atoms with Crippen LogP contribution in [0.5, 0.6) is 0 Å². The molecule has 8 heteroatoms. The fraction of sp³-hybridized carbons (Fsp3) is 0.895. The van der Waals surface area contributed by atoms with Gasteiger partial charge in [0.25, 0.3) is 0 Å². The van der Waals surface area contributed by atoms with E-state index in [9.17, 15) is 18.0 Å². The molecular formula is C19H35N3O4S. The highest BCUT2D eigenvalue weighted by Gasteiger charge is 2.34. The molecule has 0 radical (unpaired) electrons. The van der Waals surface area contributed by atoms with Crippen molar-refractivity contribution in [2.45, 2.75) is 58.3 Å². The lowest BCUT2D eigenvalue weighted by atomic mass is 9.92. The van der Waals surface area contributed by atoms with Crippen molar-refractivity contribution in [3.05, 3.63) is 0 Å².